The second kappa shape index (κ2) is 10.1. The Morgan fingerprint density at radius 3 is 2.19 bits per heavy atom. The van der Waals surface area contributed by atoms with Crippen LogP contribution in [0.25, 0.3) is 0 Å². The number of hydrogen-bond donors (Lipinski definition) is 0. The number of ether oxygens (including phenoxy) is 1. The number of likely N-dealkylation sites (N-methyl/N-ethyl adjacent to an activating group) is 1. The molecule has 0 aromatic heterocycles. The van der Waals surface area contributed by atoms with Crippen LogP contribution in [0.4, 0.5) is 5.69 Å². The van der Waals surface area contributed by atoms with E-state index in [0.717, 1.165) is 29.8 Å². The maximum Gasteiger partial charge on any atom is 0.338 e. The number of carbonyl (C=O) groups excluding carboxylic acids is 3. The smallest absolute Gasteiger partial charge is 0.338 e. The maximum atomic E-state index is 12.3. The lowest BCUT2D eigenvalue weighted by atomic mass is 10.1. The zero-order chi connectivity index (χ0) is 22.4. The number of carbonyl (C=O) groups is 3. The number of anilines is 1. The van der Waals surface area contributed by atoms with Crippen molar-refractivity contribution in [1.82, 2.24) is 9.80 Å². The van der Waals surface area contributed by atoms with Crippen molar-refractivity contribution < 1.29 is 19.1 Å². The van der Waals surface area contributed by atoms with Crippen LogP contribution < -0.4 is 4.90 Å². The van der Waals surface area contributed by atoms with Gasteiger partial charge in [-0.2, -0.15) is 0 Å². The van der Waals surface area contributed by atoms with Gasteiger partial charge in [0.25, 0.3) is 5.91 Å². The minimum Gasteiger partial charge on any atom is -0.452 e. The molecule has 31 heavy (non-hydrogen) atoms. The van der Waals surface area contributed by atoms with Crippen LogP contribution in [0.5, 0.6) is 0 Å². The van der Waals surface area contributed by atoms with Crippen molar-refractivity contribution in [1.29, 1.82) is 0 Å². The Kier molecular flexibility index (Phi) is 7.28. The minimum atomic E-state index is -0.541. The summed E-state index contributed by atoms with van der Waals surface area (Å²) < 4.78 is 5.19. The monoisotopic (exact) mass is 423 g/mol. The summed E-state index contributed by atoms with van der Waals surface area (Å²) in [5, 5.41) is 0. The van der Waals surface area contributed by atoms with Crippen molar-refractivity contribution in [3.63, 3.8) is 0 Å². The Balaban J connectivity index is 1.46. The van der Waals surface area contributed by atoms with Gasteiger partial charge < -0.3 is 19.4 Å². The zero-order valence-corrected chi connectivity index (χ0v) is 18.3. The molecule has 0 radical (unpaired) electrons. The van der Waals surface area contributed by atoms with E-state index in [9.17, 15) is 14.4 Å². The number of amides is 2. The Labute approximate surface area is 183 Å². The highest BCUT2D eigenvalue weighted by Crippen LogP contribution is 2.16. The van der Waals surface area contributed by atoms with Crippen LogP contribution in [0, 0.1) is 0 Å². The summed E-state index contributed by atoms with van der Waals surface area (Å²) >= 11 is 0. The van der Waals surface area contributed by atoms with E-state index < -0.39 is 5.97 Å². The topological polar surface area (TPSA) is 70.2 Å². The molecule has 1 heterocycles. The normalized spacial score (nSPS) is 13.3. The minimum absolute atomic E-state index is 0.166. The van der Waals surface area contributed by atoms with Crippen LogP contribution in [0.1, 0.15) is 34.3 Å². The van der Waals surface area contributed by atoms with Crippen LogP contribution in [0.2, 0.25) is 0 Å². The number of hydrogen-bond acceptors (Lipinski definition) is 5. The highest BCUT2D eigenvalue weighted by Gasteiger charge is 2.20. The molecule has 0 aliphatic carbocycles. The van der Waals surface area contributed by atoms with Crippen LogP contribution in [-0.2, 0) is 27.4 Å². The number of rotatable bonds is 8. The zero-order valence-electron chi connectivity index (χ0n) is 18.3. The van der Waals surface area contributed by atoms with Gasteiger partial charge in [0.2, 0.25) is 5.91 Å². The molecule has 0 saturated carbocycles. The van der Waals surface area contributed by atoms with Gasteiger partial charge in [-0.25, -0.2) is 4.79 Å². The van der Waals surface area contributed by atoms with Crippen molar-refractivity contribution in [2.24, 2.45) is 0 Å². The third-order valence-electron chi connectivity index (χ3n) is 5.36. The van der Waals surface area contributed by atoms with Crippen molar-refractivity contribution in [3.8, 4) is 0 Å². The summed E-state index contributed by atoms with van der Waals surface area (Å²) in [7, 11) is 5.63. The van der Waals surface area contributed by atoms with Gasteiger partial charge in [0.05, 0.1) is 5.56 Å². The van der Waals surface area contributed by atoms with Crippen LogP contribution in [-0.4, -0.2) is 61.9 Å². The van der Waals surface area contributed by atoms with E-state index in [2.05, 4.69) is 0 Å². The van der Waals surface area contributed by atoms with E-state index in [1.807, 2.05) is 60.3 Å². The fraction of sp³-hybridized carbons (Fsp3) is 0.375. The van der Waals surface area contributed by atoms with Gasteiger partial charge in [-0.1, -0.05) is 24.3 Å². The first-order valence-electron chi connectivity index (χ1n) is 10.4. The highest BCUT2D eigenvalue weighted by molar-refractivity contribution is 5.91. The van der Waals surface area contributed by atoms with Gasteiger partial charge >= 0.3 is 5.97 Å². The van der Waals surface area contributed by atoms with Crippen molar-refractivity contribution >= 4 is 23.5 Å². The summed E-state index contributed by atoms with van der Waals surface area (Å²) in [5.41, 5.74) is 3.43. The van der Waals surface area contributed by atoms with E-state index in [4.69, 9.17) is 4.74 Å². The standard InChI is InChI=1S/C24H29N3O4/c1-25(2)21-12-8-18(9-13-21)15-26(3)23(29)17-31-24(30)20-10-6-19(7-11-20)16-27-14-4-5-22(27)28/h6-13H,4-5,14-17H2,1-3H3. The predicted octanol–water partition coefficient (Wildman–Crippen LogP) is 2.69. The molecule has 0 N–H and O–H groups in total. The first-order chi connectivity index (χ1) is 14.8. The molecule has 0 unspecified atom stereocenters. The van der Waals surface area contributed by atoms with E-state index in [-0.39, 0.29) is 18.4 Å². The Bertz CT molecular complexity index is 923. The summed E-state index contributed by atoms with van der Waals surface area (Å²) in [6, 6.07) is 14.9. The van der Waals surface area contributed by atoms with Crippen molar-refractivity contribution in [2.75, 3.05) is 39.2 Å². The van der Waals surface area contributed by atoms with Crippen molar-refractivity contribution in [3.05, 3.63) is 65.2 Å². The van der Waals surface area contributed by atoms with E-state index in [1.54, 1.807) is 19.2 Å². The van der Waals surface area contributed by atoms with Crippen LogP contribution >= 0.6 is 0 Å². The Hall–Kier alpha value is -3.35. The summed E-state index contributed by atoms with van der Waals surface area (Å²) in [5.74, 6) is -0.644. The average Bonchev–Trinajstić information content (AvgIpc) is 3.17. The largest absolute Gasteiger partial charge is 0.452 e. The number of esters is 1. The molecule has 2 aromatic rings. The SMILES string of the molecule is CN(Cc1ccc(N(C)C)cc1)C(=O)COC(=O)c1ccc(CN2CCCC2=O)cc1. The molecule has 164 valence electrons. The molecule has 1 fully saturated rings. The Morgan fingerprint density at radius 1 is 0.968 bits per heavy atom. The first kappa shape index (κ1) is 22.3. The molecule has 7 nitrogen and oxygen atoms in total. The van der Waals surface area contributed by atoms with Gasteiger partial charge in [0.1, 0.15) is 0 Å². The summed E-state index contributed by atoms with van der Waals surface area (Å²) in [4.78, 5) is 41.7. The predicted molar refractivity (Wildman–Crippen MR) is 119 cm³/mol. The van der Waals surface area contributed by atoms with Crippen molar-refractivity contribution in [2.45, 2.75) is 25.9 Å². The number of benzene rings is 2. The molecule has 1 aliphatic heterocycles. The van der Waals surface area contributed by atoms with E-state index in [1.165, 1.54) is 4.90 Å². The lowest BCUT2D eigenvalue weighted by Gasteiger charge is -2.18. The van der Waals surface area contributed by atoms with Gasteiger partial charge in [-0.05, 0) is 41.8 Å². The molecule has 0 spiro atoms. The molecular weight excluding hydrogens is 394 g/mol. The third-order valence-corrected chi connectivity index (χ3v) is 5.36. The maximum absolute atomic E-state index is 12.3. The lowest BCUT2D eigenvalue weighted by molar-refractivity contribution is -0.133. The van der Waals surface area contributed by atoms with Crippen LogP contribution in [0.3, 0.4) is 0 Å². The highest BCUT2D eigenvalue weighted by atomic mass is 16.5. The lowest BCUT2D eigenvalue weighted by Crippen LogP contribution is -2.30. The van der Waals surface area contributed by atoms with Gasteiger partial charge in [-0.3, -0.25) is 9.59 Å². The molecule has 1 saturated heterocycles. The molecule has 7 heteroatoms. The number of likely N-dealkylation sites (tertiary alicyclic amines) is 1. The van der Waals surface area contributed by atoms with Gasteiger partial charge in [-0.15, -0.1) is 0 Å². The second-order valence-corrected chi connectivity index (χ2v) is 8.00. The molecule has 3 rings (SSSR count). The fourth-order valence-electron chi connectivity index (χ4n) is 3.42. The van der Waals surface area contributed by atoms with E-state index in [0.29, 0.717) is 25.1 Å². The third kappa shape index (κ3) is 6.07. The molecule has 0 bridgehead atoms. The molecular formula is C24H29N3O4. The summed E-state index contributed by atoms with van der Waals surface area (Å²) in [6.07, 6.45) is 1.50. The fourth-order valence-corrected chi connectivity index (χ4v) is 3.42. The van der Waals surface area contributed by atoms with Gasteiger partial charge in [0.15, 0.2) is 6.61 Å². The molecule has 0 atom stereocenters. The average molecular weight is 424 g/mol. The number of nitrogens with zero attached hydrogens (tertiary/aromatic N) is 3. The van der Waals surface area contributed by atoms with E-state index >= 15 is 0 Å². The Morgan fingerprint density at radius 2 is 1.61 bits per heavy atom. The molecule has 2 amide bonds. The van der Waals surface area contributed by atoms with Crippen LogP contribution in [0.15, 0.2) is 48.5 Å². The summed E-state index contributed by atoms with van der Waals surface area (Å²) in [6.45, 7) is 1.45. The first-order valence-corrected chi connectivity index (χ1v) is 10.4. The second-order valence-electron chi connectivity index (χ2n) is 8.00. The quantitative estimate of drug-likeness (QED) is 0.611. The molecule has 2 aromatic carbocycles. The van der Waals surface area contributed by atoms with Gasteiger partial charge in [0, 0.05) is 52.9 Å². The molecule has 1 aliphatic rings.